The second-order valence-corrected chi connectivity index (χ2v) is 5.48. The van der Waals surface area contributed by atoms with E-state index >= 15 is 0 Å². The SMILES string of the molecule is O=C1c2nc(Cl)c(Cl)nc2C(=O)c2c(-c3ccccc3)noc21. The van der Waals surface area contributed by atoms with Crippen LogP contribution in [0.5, 0.6) is 0 Å². The number of rotatable bonds is 1. The Morgan fingerprint density at radius 1 is 0.826 bits per heavy atom. The number of halogens is 2. The molecule has 1 aliphatic rings. The molecule has 6 nitrogen and oxygen atoms in total. The molecule has 0 N–H and O–H groups in total. The summed E-state index contributed by atoms with van der Waals surface area (Å²) in [5, 5.41) is 3.56. The van der Waals surface area contributed by atoms with Crippen LogP contribution in [0, 0.1) is 0 Å². The fourth-order valence-electron chi connectivity index (χ4n) is 2.39. The van der Waals surface area contributed by atoms with Crippen molar-refractivity contribution in [1.82, 2.24) is 15.1 Å². The fourth-order valence-corrected chi connectivity index (χ4v) is 2.64. The third kappa shape index (κ3) is 1.99. The second-order valence-electron chi connectivity index (χ2n) is 4.76. The van der Waals surface area contributed by atoms with E-state index in [0.29, 0.717) is 5.56 Å². The first-order valence-corrected chi connectivity index (χ1v) is 7.21. The molecule has 4 rings (SSSR count). The fraction of sp³-hybridized carbons (Fsp3) is 0. The zero-order valence-electron chi connectivity index (χ0n) is 11.2. The van der Waals surface area contributed by atoms with E-state index in [1.165, 1.54) is 0 Å². The van der Waals surface area contributed by atoms with Gasteiger partial charge in [0.05, 0.1) is 0 Å². The minimum absolute atomic E-state index is 0.0568. The van der Waals surface area contributed by atoms with Gasteiger partial charge >= 0.3 is 0 Å². The van der Waals surface area contributed by atoms with E-state index in [9.17, 15) is 9.59 Å². The van der Waals surface area contributed by atoms with Crippen LogP contribution in [0.4, 0.5) is 0 Å². The van der Waals surface area contributed by atoms with Crippen LogP contribution in [-0.4, -0.2) is 26.7 Å². The summed E-state index contributed by atoms with van der Waals surface area (Å²) in [4.78, 5) is 32.9. The van der Waals surface area contributed by atoms with Gasteiger partial charge in [0.15, 0.2) is 10.3 Å². The minimum atomic E-state index is -0.602. The topological polar surface area (TPSA) is 86.0 Å². The van der Waals surface area contributed by atoms with Gasteiger partial charge in [-0.1, -0.05) is 58.7 Å². The van der Waals surface area contributed by atoms with E-state index in [1.807, 2.05) is 6.07 Å². The molecule has 0 amide bonds. The van der Waals surface area contributed by atoms with Crippen molar-refractivity contribution in [1.29, 1.82) is 0 Å². The number of ketones is 2. The summed E-state index contributed by atoms with van der Waals surface area (Å²) in [7, 11) is 0. The molecule has 2 heterocycles. The van der Waals surface area contributed by atoms with Gasteiger partial charge < -0.3 is 4.52 Å². The van der Waals surface area contributed by atoms with Crippen molar-refractivity contribution >= 4 is 34.8 Å². The monoisotopic (exact) mass is 345 g/mol. The Morgan fingerprint density at radius 3 is 2.09 bits per heavy atom. The summed E-state index contributed by atoms with van der Waals surface area (Å²) >= 11 is 11.6. The van der Waals surface area contributed by atoms with Crippen molar-refractivity contribution in [3.05, 3.63) is 63.3 Å². The molecule has 1 aromatic carbocycles. The van der Waals surface area contributed by atoms with E-state index in [1.54, 1.807) is 24.3 Å². The summed E-state index contributed by atoms with van der Waals surface area (Å²) in [6.45, 7) is 0. The van der Waals surface area contributed by atoms with Gasteiger partial charge in [0.25, 0.3) is 5.78 Å². The molecule has 8 heteroatoms. The first kappa shape index (κ1) is 14.0. The molecule has 0 bridgehead atoms. The molecule has 0 saturated carbocycles. The minimum Gasteiger partial charge on any atom is -0.351 e. The van der Waals surface area contributed by atoms with Gasteiger partial charge in [-0.3, -0.25) is 9.59 Å². The number of hydrogen-bond acceptors (Lipinski definition) is 6. The molecule has 0 radical (unpaired) electrons. The summed E-state index contributed by atoms with van der Waals surface area (Å²) in [5.41, 5.74) is 0.638. The molecule has 0 spiro atoms. The predicted octanol–water partition coefficient (Wildman–Crippen LogP) is 3.21. The Morgan fingerprint density at radius 2 is 1.43 bits per heavy atom. The lowest BCUT2D eigenvalue weighted by Crippen LogP contribution is -2.23. The normalized spacial score (nSPS) is 13.0. The van der Waals surface area contributed by atoms with Crippen LogP contribution in [-0.2, 0) is 0 Å². The van der Waals surface area contributed by atoms with Gasteiger partial charge in [0.1, 0.15) is 22.6 Å². The average Bonchev–Trinajstić information content (AvgIpc) is 3.01. The summed E-state index contributed by atoms with van der Waals surface area (Å²) in [6.07, 6.45) is 0. The molecule has 0 saturated heterocycles. The van der Waals surface area contributed by atoms with Gasteiger partial charge in [-0.2, -0.15) is 0 Å². The highest BCUT2D eigenvalue weighted by Crippen LogP contribution is 2.34. The molecular weight excluding hydrogens is 341 g/mol. The average molecular weight is 346 g/mol. The maximum Gasteiger partial charge on any atom is 0.252 e. The third-order valence-electron chi connectivity index (χ3n) is 3.42. The highest BCUT2D eigenvalue weighted by molar-refractivity contribution is 6.41. The summed E-state index contributed by atoms with van der Waals surface area (Å²) in [5.74, 6) is -1.30. The lowest BCUT2D eigenvalue weighted by Gasteiger charge is -2.12. The van der Waals surface area contributed by atoms with E-state index in [4.69, 9.17) is 27.7 Å². The maximum atomic E-state index is 12.7. The smallest absolute Gasteiger partial charge is 0.252 e. The number of hydrogen-bond donors (Lipinski definition) is 0. The van der Waals surface area contributed by atoms with Gasteiger partial charge in [-0.15, -0.1) is 0 Å². The molecule has 0 unspecified atom stereocenters. The zero-order chi connectivity index (χ0) is 16.1. The zero-order valence-corrected chi connectivity index (χ0v) is 12.7. The number of benzene rings is 1. The Labute approximate surface area is 139 Å². The van der Waals surface area contributed by atoms with Gasteiger partial charge in [-0.25, -0.2) is 9.97 Å². The lowest BCUT2D eigenvalue weighted by atomic mass is 9.92. The van der Waals surface area contributed by atoms with Crippen LogP contribution in [0.1, 0.15) is 32.3 Å². The molecule has 112 valence electrons. The van der Waals surface area contributed by atoms with Crippen molar-refractivity contribution in [2.24, 2.45) is 0 Å². The van der Waals surface area contributed by atoms with Crippen molar-refractivity contribution in [3.63, 3.8) is 0 Å². The lowest BCUT2D eigenvalue weighted by molar-refractivity contribution is 0.0947. The van der Waals surface area contributed by atoms with Crippen LogP contribution in [0.25, 0.3) is 11.3 Å². The van der Waals surface area contributed by atoms with Crippen LogP contribution in [0.15, 0.2) is 34.9 Å². The van der Waals surface area contributed by atoms with Crippen molar-refractivity contribution < 1.29 is 14.1 Å². The van der Waals surface area contributed by atoms with Gasteiger partial charge in [-0.05, 0) is 0 Å². The molecular formula is C15H5Cl2N3O3. The standard InChI is InChI=1S/C15H5Cl2N3O3/c16-14-15(17)19-10-9(18-14)11(21)7-8(6-4-2-1-3-5-6)20-23-13(7)12(10)22/h1-5H. The van der Waals surface area contributed by atoms with Crippen molar-refractivity contribution in [2.75, 3.05) is 0 Å². The van der Waals surface area contributed by atoms with Gasteiger partial charge in [0, 0.05) is 5.56 Å². The van der Waals surface area contributed by atoms with Crippen molar-refractivity contribution in [3.8, 4) is 11.3 Å². The van der Waals surface area contributed by atoms with E-state index in [0.717, 1.165) is 0 Å². The number of fused-ring (bicyclic) bond motifs is 2. The Bertz CT molecular complexity index is 983. The first-order valence-electron chi connectivity index (χ1n) is 6.45. The van der Waals surface area contributed by atoms with E-state index < -0.39 is 11.6 Å². The highest BCUT2D eigenvalue weighted by atomic mass is 35.5. The van der Waals surface area contributed by atoms with Crippen LogP contribution in [0.3, 0.4) is 0 Å². The second kappa shape index (κ2) is 4.97. The molecule has 3 aromatic rings. The Balaban J connectivity index is 1.97. The predicted molar refractivity (Wildman–Crippen MR) is 80.9 cm³/mol. The quantitative estimate of drug-likeness (QED) is 0.526. The molecule has 23 heavy (non-hydrogen) atoms. The van der Waals surface area contributed by atoms with E-state index in [-0.39, 0.29) is 38.7 Å². The number of nitrogens with zero attached hydrogens (tertiary/aromatic N) is 3. The maximum absolute atomic E-state index is 12.7. The Kier molecular flexibility index (Phi) is 3.04. The van der Waals surface area contributed by atoms with Crippen molar-refractivity contribution in [2.45, 2.75) is 0 Å². The first-order chi connectivity index (χ1) is 11.1. The molecule has 1 aliphatic carbocycles. The van der Waals surface area contributed by atoms with Crippen LogP contribution in [0.2, 0.25) is 10.3 Å². The third-order valence-corrected chi connectivity index (χ3v) is 4.04. The summed E-state index contributed by atoms with van der Waals surface area (Å²) in [6, 6.07) is 8.91. The summed E-state index contributed by atoms with van der Waals surface area (Å²) < 4.78 is 5.09. The molecule has 0 aliphatic heterocycles. The molecule has 0 fully saturated rings. The number of carbonyl (C=O) groups is 2. The van der Waals surface area contributed by atoms with Crippen LogP contribution >= 0.6 is 23.2 Å². The van der Waals surface area contributed by atoms with Gasteiger partial charge in [0.2, 0.25) is 11.5 Å². The molecule has 2 aromatic heterocycles. The van der Waals surface area contributed by atoms with E-state index in [2.05, 4.69) is 15.1 Å². The molecule has 0 atom stereocenters. The van der Waals surface area contributed by atoms with Crippen LogP contribution < -0.4 is 0 Å². The number of carbonyl (C=O) groups excluding carboxylic acids is 2. The number of aromatic nitrogens is 3. The largest absolute Gasteiger partial charge is 0.351 e. The Hall–Kier alpha value is -2.57. The highest BCUT2D eigenvalue weighted by Gasteiger charge is 2.39.